The summed E-state index contributed by atoms with van der Waals surface area (Å²) in [6, 6.07) is 27.6. The van der Waals surface area contributed by atoms with E-state index in [9.17, 15) is 4.39 Å². The molecule has 0 aliphatic carbocycles. The molecular weight excluding hydrogens is 732 g/mol. The normalized spacial score (nSPS) is 12.9. The topological polar surface area (TPSA) is 74.8 Å². The average Bonchev–Trinajstić information content (AvgIpc) is 3.19. The molecule has 0 unspecified atom stereocenters. The Morgan fingerprint density at radius 2 is 1.19 bits per heavy atom. The number of halogens is 3. The summed E-state index contributed by atoms with van der Waals surface area (Å²) in [4.78, 5) is 9.58. The summed E-state index contributed by atoms with van der Waals surface area (Å²) in [6.45, 7) is 3.35. The van der Waals surface area contributed by atoms with Crippen molar-refractivity contribution < 1.29 is 32.8 Å². The monoisotopic (exact) mass is 779 g/mol. The van der Waals surface area contributed by atoms with E-state index in [4.69, 9.17) is 28.4 Å². The van der Waals surface area contributed by atoms with Crippen LogP contribution in [-0.4, -0.2) is 71.7 Å². The summed E-state index contributed by atoms with van der Waals surface area (Å²) >= 11 is 0. The van der Waals surface area contributed by atoms with E-state index in [0.29, 0.717) is 41.0 Å². The van der Waals surface area contributed by atoms with Crippen LogP contribution in [0.2, 0.25) is 0 Å². The Labute approximate surface area is 329 Å². The van der Waals surface area contributed by atoms with Crippen LogP contribution in [0.4, 0.5) is 10.1 Å². The minimum Gasteiger partial charge on any atom is -0.493 e. The highest BCUT2D eigenvalue weighted by Crippen LogP contribution is 2.42. The van der Waals surface area contributed by atoms with E-state index < -0.39 is 0 Å². The van der Waals surface area contributed by atoms with Gasteiger partial charge in [0.05, 0.1) is 48.4 Å². The number of hydrogen-bond acceptors (Lipinski definition) is 9. The molecule has 1 saturated heterocycles. The Morgan fingerprint density at radius 1 is 0.630 bits per heavy atom. The lowest BCUT2D eigenvalue weighted by molar-refractivity contribution is 0.201. The second-order valence-electron chi connectivity index (χ2n) is 12.7. The smallest absolute Gasteiger partial charge is 0.203 e. The Morgan fingerprint density at radius 3 is 1.72 bits per heavy atom. The summed E-state index contributed by atoms with van der Waals surface area (Å²) in [5.41, 5.74) is 7.04. The number of anilines is 1. The molecule has 0 bridgehead atoms. The lowest BCUT2D eigenvalue weighted by Crippen LogP contribution is -2.44. The zero-order valence-corrected chi connectivity index (χ0v) is 33.1. The van der Waals surface area contributed by atoms with E-state index in [1.54, 1.807) is 42.7 Å². The number of methoxy groups -OCH3 is 6. The van der Waals surface area contributed by atoms with Gasteiger partial charge in [-0.3, -0.25) is 9.88 Å². The molecule has 1 aromatic heterocycles. The van der Waals surface area contributed by atoms with Gasteiger partial charge in [-0.25, -0.2) is 4.39 Å². The minimum absolute atomic E-state index is 0. The SMILES string of the molecule is COc1cc(-c2cccc(CN3CCC(N(Cc4ccnc(-c5cc(OC)c(OC)c(OC)c5)c4)c4ccc(F)cc4)CC3)c2)cc(OC)c1OC.Cl.Cl. The van der Waals surface area contributed by atoms with Gasteiger partial charge in [-0.1, -0.05) is 18.2 Å². The van der Waals surface area contributed by atoms with Crippen molar-refractivity contribution in [2.75, 3.05) is 60.6 Å². The molecule has 9 nitrogen and oxygen atoms in total. The number of ether oxygens (including phenoxy) is 6. The zero-order chi connectivity index (χ0) is 36.6. The van der Waals surface area contributed by atoms with Crippen molar-refractivity contribution >= 4 is 30.5 Å². The molecule has 0 saturated carbocycles. The van der Waals surface area contributed by atoms with Gasteiger partial charge in [0.1, 0.15) is 5.82 Å². The predicted octanol–water partition coefficient (Wildman–Crippen LogP) is 9.12. The van der Waals surface area contributed by atoms with Crippen molar-refractivity contribution in [1.29, 1.82) is 0 Å². The highest BCUT2D eigenvalue weighted by atomic mass is 35.5. The number of nitrogens with zero attached hydrogens (tertiary/aromatic N) is 3. The molecule has 0 spiro atoms. The molecule has 54 heavy (non-hydrogen) atoms. The lowest BCUT2D eigenvalue weighted by Gasteiger charge is -2.40. The molecule has 1 fully saturated rings. The zero-order valence-electron chi connectivity index (χ0n) is 31.5. The quantitative estimate of drug-likeness (QED) is 0.110. The largest absolute Gasteiger partial charge is 0.493 e. The van der Waals surface area contributed by atoms with E-state index in [1.165, 1.54) is 17.7 Å². The average molecular weight is 781 g/mol. The van der Waals surface area contributed by atoms with Crippen molar-refractivity contribution in [3.63, 3.8) is 0 Å². The number of pyridine rings is 1. The molecule has 0 atom stereocenters. The van der Waals surface area contributed by atoms with Crippen molar-refractivity contribution in [2.24, 2.45) is 0 Å². The first-order valence-corrected chi connectivity index (χ1v) is 17.3. The second kappa shape index (κ2) is 19.4. The van der Waals surface area contributed by atoms with Gasteiger partial charge in [0.25, 0.3) is 0 Å². The van der Waals surface area contributed by atoms with Crippen LogP contribution in [0, 0.1) is 5.82 Å². The molecule has 2 heterocycles. The number of aromatic nitrogens is 1. The highest BCUT2D eigenvalue weighted by molar-refractivity contribution is 5.85. The maximum atomic E-state index is 14.1. The maximum absolute atomic E-state index is 14.1. The molecular formula is C42H48Cl2FN3O6. The molecule has 4 aromatic carbocycles. The Balaban J connectivity index is 0.00000325. The number of benzene rings is 4. The Bertz CT molecular complexity index is 1920. The molecule has 0 radical (unpaired) electrons. The third kappa shape index (κ3) is 9.42. The molecule has 1 aliphatic heterocycles. The third-order valence-electron chi connectivity index (χ3n) is 9.63. The summed E-state index contributed by atoms with van der Waals surface area (Å²) in [5, 5.41) is 0. The number of likely N-dealkylation sites (tertiary alicyclic amines) is 1. The summed E-state index contributed by atoms with van der Waals surface area (Å²) < 4.78 is 47.5. The fraction of sp³-hybridized carbons (Fsp3) is 0.310. The van der Waals surface area contributed by atoms with Crippen LogP contribution in [0.1, 0.15) is 24.0 Å². The van der Waals surface area contributed by atoms with Gasteiger partial charge in [0, 0.05) is 49.7 Å². The van der Waals surface area contributed by atoms with Crippen LogP contribution in [0.15, 0.2) is 91.1 Å². The molecule has 0 N–H and O–H groups in total. The Kier molecular flexibility index (Phi) is 15.1. The molecule has 288 valence electrons. The lowest BCUT2D eigenvalue weighted by atomic mass is 9.99. The summed E-state index contributed by atoms with van der Waals surface area (Å²) in [6.07, 6.45) is 3.76. The van der Waals surface area contributed by atoms with Gasteiger partial charge in [-0.2, -0.15) is 0 Å². The molecule has 6 rings (SSSR count). The summed E-state index contributed by atoms with van der Waals surface area (Å²) in [5.74, 6) is 3.24. The van der Waals surface area contributed by atoms with Gasteiger partial charge in [-0.05, 0) is 102 Å². The van der Waals surface area contributed by atoms with Crippen LogP contribution < -0.4 is 33.3 Å². The Hall–Kier alpha value is -4.90. The summed E-state index contributed by atoms with van der Waals surface area (Å²) in [7, 11) is 9.66. The third-order valence-corrected chi connectivity index (χ3v) is 9.63. The van der Waals surface area contributed by atoms with Crippen LogP contribution in [0.3, 0.4) is 0 Å². The van der Waals surface area contributed by atoms with E-state index in [-0.39, 0.29) is 36.7 Å². The standard InChI is InChI=1S/C42H46FN3O6.2ClH/c1-47-37-22-31(23-38(48-2)41(37)51-5)30-9-7-8-28(20-30)26-45-18-15-35(16-19-45)46(34-12-10-33(43)11-13-34)27-29-14-17-44-36(21-29)32-24-39(49-3)42(52-6)40(25-32)50-4;;/h7-14,17,20-25,35H,15-16,18-19,26-27H2,1-6H3;2*1H. The molecule has 12 heteroatoms. The fourth-order valence-corrected chi connectivity index (χ4v) is 6.96. The van der Waals surface area contributed by atoms with Crippen molar-refractivity contribution in [3.8, 4) is 56.9 Å². The van der Waals surface area contributed by atoms with Gasteiger partial charge < -0.3 is 33.3 Å². The van der Waals surface area contributed by atoms with Gasteiger partial charge in [0.2, 0.25) is 11.5 Å². The number of hydrogen-bond donors (Lipinski definition) is 0. The molecule has 1 aliphatic rings. The van der Waals surface area contributed by atoms with Gasteiger partial charge >= 0.3 is 0 Å². The number of rotatable bonds is 14. The van der Waals surface area contributed by atoms with E-state index in [2.05, 4.69) is 45.1 Å². The first-order valence-electron chi connectivity index (χ1n) is 17.3. The van der Waals surface area contributed by atoms with E-state index in [0.717, 1.165) is 66.1 Å². The van der Waals surface area contributed by atoms with Crippen LogP contribution in [-0.2, 0) is 13.1 Å². The van der Waals surface area contributed by atoms with Crippen LogP contribution in [0.5, 0.6) is 34.5 Å². The van der Waals surface area contributed by atoms with Crippen LogP contribution in [0.25, 0.3) is 22.4 Å². The predicted molar refractivity (Wildman–Crippen MR) is 216 cm³/mol. The first-order chi connectivity index (χ1) is 25.4. The van der Waals surface area contributed by atoms with Crippen LogP contribution >= 0.6 is 24.8 Å². The van der Waals surface area contributed by atoms with E-state index >= 15 is 0 Å². The van der Waals surface area contributed by atoms with Crippen molar-refractivity contribution in [3.05, 3.63) is 108 Å². The molecule has 5 aromatic rings. The fourth-order valence-electron chi connectivity index (χ4n) is 6.96. The van der Waals surface area contributed by atoms with Gasteiger partial charge in [-0.15, -0.1) is 24.8 Å². The maximum Gasteiger partial charge on any atom is 0.203 e. The van der Waals surface area contributed by atoms with E-state index in [1.807, 2.05) is 48.7 Å². The highest BCUT2D eigenvalue weighted by Gasteiger charge is 2.26. The first kappa shape index (κ1) is 41.9. The second-order valence-corrected chi connectivity index (χ2v) is 12.7. The van der Waals surface area contributed by atoms with Crippen molar-refractivity contribution in [2.45, 2.75) is 32.0 Å². The molecule has 0 amide bonds. The van der Waals surface area contributed by atoms with Crippen molar-refractivity contribution in [1.82, 2.24) is 9.88 Å². The van der Waals surface area contributed by atoms with Gasteiger partial charge in [0.15, 0.2) is 23.0 Å². The number of piperidine rings is 1. The minimum atomic E-state index is -0.249.